The van der Waals surface area contributed by atoms with Gasteiger partial charge in [0, 0.05) is 21.4 Å². The highest BCUT2D eigenvalue weighted by molar-refractivity contribution is 7.99. The van der Waals surface area contributed by atoms with E-state index in [4.69, 9.17) is 16.0 Å². The number of phenolic OH excluding ortho intramolecular Hbond substituents is 1. The van der Waals surface area contributed by atoms with Crippen LogP contribution < -0.4 is 11.2 Å². The van der Waals surface area contributed by atoms with E-state index >= 15 is 0 Å². The number of pyridine rings is 1. The Morgan fingerprint density at radius 3 is 2.39 bits per heavy atom. The highest BCUT2D eigenvalue weighted by Crippen LogP contribution is 2.37. The van der Waals surface area contributed by atoms with E-state index < -0.39 is 16.9 Å². The molecule has 164 valence electrons. The fourth-order valence-electron chi connectivity index (χ4n) is 3.71. The molecule has 0 spiro atoms. The Labute approximate surface area is 196 Å². The number of phenols is 1. The Hall–Kier alpha value is -3.68. The predicted molar refractivity (Wildman–Crippen MR) is 129 cm³/mol. The Kier molecular flexibility index (Phi) is 5.36. The number of hydrogen-bond donors (Lipinski definition) is 2. The maximum absolute atomic E-state index is 13.6. The molecule has 2 N–H and O–H groups in total. The summed E-state index contributed by atoms with van der Waals surface area (Å²) < 4.78 is 7.00. The van der Waals surface area contributed by atoms with Crippen molar-refractivity contribution in [1.82, 2.24) is 4.57 Å². The normalized spacial score (nSPS) is 11.3. The van der Waals surface area contributed by atoms with Crippen molar-refractivity contribution in [1.29, 1.82) is 0 Å². The second-order valence-electron chi connectivity index (χ2n) is 7.41. The van der Waals surface area contributed by atoms with Crippen LogP contribution >= 0.6 is 23.4 Å². The molecule has 6 nitrogen and oxygen atoms in total. The number of hydrogen-bond acceptors (Lipinski definition) is 6. The number of fused-ring (bicyclic) bond motifs is 3. The fraction of sp³-hybridized carbons (Fsp3) is 0.0400. The number of benzene rings is 3. The van der Waals surface area contributed by atoms with Crippen molar-refractivity contribution in [3.63, 3.8) is 0 Å². The zero-order valence-electron chi connectivity index (χ0n) is 17.0. The van der Waals surface area contributed by atoms with E-state index in [0.29, 0.717) is 20.8 Å². The molecule has 0 aliphatic carbocycles. The first-order valence-electron chi connectivity index (χ1n) is 9.95. The van der Waals surface area contributed by atoms with Crippen LogP contribution in [0.5, 0.6) is 11.5 Å². The van der Waals surface area contributed by atoms with E-state index in [1.54, 1.807) is 30.3 Å². The van der Waals surface area contributed by atoms with Gasteiger partial charge in [-0.1, -0.05) is 53.7 Å². The predicted octanol–water partition coefficient (Wildman–Crippen LogP) is 5.37. The van der Waals surface area contributed by atoms with Crippen molar-refractivity contribution in [2.24, 2.45) is 0 Å². The molecule has 0 atom stereocenters. The number of aromatic nitrogens is 1. The highest BCUT2D eigenvalue weighted by atomic mass is 35.5. The smallest absolute Gasteiger partial charge is 0.354 e. The number of aromatic hydroxyl groups is 2. The zero-order valence-corrected chi connectivity index (χ0v) is 18.6. The van der Waals surface area contributed by atoms with Crippen molar-refractivity contribution < 1.29 is 14.6 Å². The van der Waals surface area contributed by atoms with Crippen LogP contribution in [0.15, 0.2) is 96.6 Å². The monoisotopic (exact) mass is 477 g/mol. The Bertz CT molecular complexity index is 1630. The van der Waals surface area contributed by atoms with Gasteiger partial charge < -0.3 is 19.2 Å². The molecule has 2 heterocycles. The Morgan fingerprint density at radius 1 is 0.939 bits per heavy atom. The van der Waals surface area contributed by atoms with Gasteiger partial charge in [-0.05, 0) is 42.0 Å². The zero-order chi connectivity index (χ0) is 23.1. The molecular weight excluding hydrogens is 462 g/mol. The number of rotatable bonds is 4. The van der Waals surface area contributed by atoms with Crippen molar-refractivity contribution in [3.05, 3.63) is 104 Å². The van der Waals surface area contributed by atoms with Gasteiger partial charge in [-0.25, -0.2) is 4.79 Å². The molecule has 0 amide bonds. The van der Waals surface area contributed by atoms with E-state index in [1.165, 1.54) is 16.7 Å². The molecular formula is C25H16ClNO5S. The van der Waals surface area contributed by atoms with Crippen molar-refractivity contribution >= 4 is 45.2 Å². The van der Waals surface area contributed by atoms with Crippen LogP contribution in [0.3, 0.4) is 0 Å². The summed E-state index contributed by atoms with van der Waals surface area (Å²) in [6.07, 6.45) is 0. The van der Waals surface area contributed by atoms with Crippen molar-refractivity contribution in [2.45, 2.75) is 16.3 Å². The average molecular weight is 478 g/mol. The van der Waals surface area contributed by atoms with Gasteiger partial charge in [0.05, 0.1) is 12.1 Å². The van der Waals surface area contributed by atoms with E-state index in [-0.39, 0.29) is 28.2 Å². The summed E-state index contributed by atoms with van der Waals surface area (Å²) in [6.45, 7) is 0.202. The third kappa shape index (κ3) is 3.86. The summed E-state index contributed by atoms with van der Waals surface area (Å²) in [5.41, 5.74) is -0.0869. The van der Waals surface area contributed by atoms with E-state index in [0.717, 1.165) is 17.3 Å². The molecule has 0 bridgehead atoms. The molecule has 0 aliphatic heterocycles. The lowest BCUT2D eigenvalue weighted by Crippen LogP contribution is -2.22. The van der Waals surface area contributed by atoms with Gasteiger partial charge in [-0.3, -0.25) is 4.79 Å². The summed E-state index contributed by atoms with van der Waals surface area (Å²) in [5.74, 6) is -0.479. The Balaban J connectivity index is 1.80. The molecule has 8 heteroatoms. The van der Waals surface area contributed by atoms with Gasteiger partial charge in [0.25, 0.3) is 5.56 Å². The first-order chi connectivity index (χ1) is 15.9. The van der Waals surface area contributed by atoms with Crippen LogP contribution in [-0.2, 0) is 6.54 Å². The number of halogens is 1. The first kappa shape index (κ1) is 21.2. The maximum Gasteiger partial charge on any atom is 0.354 e. The van der Waals surface area contributed by atoms with Gasteiger partial charge in [-0.15, -0.1) is 0 Å². The SMILES string of the molecule is O=c1oc2c(c(O)c1Sc1ccc(Cl)cc1)c(=O)n(Cc1ccccc1)c1cc(O)ccc21. The standard InChI is InChI=1S/C25H16ClNO5S/c26-15-6-9-17(10-7-15)33-23-21(29)20-22(32-25(23)31)18-11-8-16(28)12-19(18)27(24(20)30)13-14-4-2-1-3-5-14/h1-12,28-29H,13H2. The van der Waals surface area contributed by atoms with Gasteiger partial charge in [0.1, 0.15) is 16.0 Å². The topological polar surface area (TPSA) is 92.7 Å². The molecule has 3 aromatic carbocycles. The molecule has 0 radical (unpaired) electrons. The van der Waals surface area contributed by atoms with Crippen LogP contribution in [0.4, 0.5) is 0 Å². The third-order valence-electron chi connectivity index (χ3n) is 5.25. The lowest BCUT2D eigenvalue weighted by atomic mass is 10.1. The van der Waals surface area contributed by atoms with Crippen LogP contribution in [-0.4, -0.2) is 14.8 Å². The van der Waals surface area contributed by atoms with Crippen LogP contribution in [0.25, 0.3) is 21.9 Å². The molecule has 33 heavy (non-hydrogen) atoms. The third-order valence-corrected chi connectivity index (χ3v) is 6.58. The second-order valence-corrected chi connectivity index (χ2v) is 8.93. The quantitative estimate of drug-likeness (QED) is 0.338. The molecule has 5 aromatic rings. The molecule has 5 rings (SSSR count). The van der Waals surface area contributed by atoms with Crippen LogP contribution in [0, 0.1) is 0 Å². The molecule has 0 fully saturated rings. The summed E-state index contributed by atoms with van der Waals surface area (Å²) in [4.78, 5) is 26.9. The minimum atomic E-state index is -0.769. The van der Waals surface area contributed by atoms with Crippen molar-refractivity contribution in [2.75, 3.05) is 0 Å². The molecule has 0 saturated carbocycles. The van der Waals surface area contributed by atoms with Gasteiger partial charge in [-0.2, -0.15) is 0 Å². The largest absolute Gasteiger partial charge is 0.508 e. The molecule has 0 unspecified atom stereocenters. The molecule has 0 aliphatic rings. The average Bonchev–Trinajstić information content (AvgIpc) is 2.81. The summed E-state index contributed by atoms with van der Waals surface area (Å²) in [5, 5.41) is 22.0. The van der Waals surface area contributed by atoms with Crippen LogP contribution in [0.2, 0.25) is 5.02 Å². The highest BCUT2D eigenvalue weighted by Gasteiger charge is 2.22. The van der Waals surface area contributed by atoms with Gasteiger partial charge >= 0.3 is 5.63 Å². The van der Waals surface area contributed by atoms with E-state index in [9.17, 15) is 19.8 Å². The second kappa shape index (κ2) is 8.35. The van der Waals surface area contributed by atoms with Crippen LogP contribution in [0.1, 0.15) is 5.56 Å². The molecule has 0 saturated heterocycles. The Morgan fingerprint density at radius 2 is 1.67 bits per heavy atom. The van der Waals surface area contributed by atoms with Gasteiger partial charge in [0.15, 0.2) is 11.3 Å². The maximum atomic E-state index is 13.6. The van der Waals surface area contributed by atoms with E-state index in [1.807, 2.05) is 30.3 Å². The minimum absolute atomic E-state index is 0.0257. The van der Waals surface area contributed by atoms with E-state index in [2.05, 4.69) is 0 Å². The number of nitrogens with zero attached hydrogens (tertiary/aromatic N) is 1. The summed E-state index contributed by atoms with van der Waals surface area (Å²) in [7, 11) is 0. The first-order valence-corrected chi connectivity index (χ1v) is 11.1. The van der Waals surface area contributed by atoms with Crippen molar-refractivity contribution in [3.8, 4) is 11.5 Å². The fourth-order valence-corrected chi connectivity index (χ4v) is 4.67. The van der Waals surface area contributed by atoms with Gasteiger partial charge in [0.2, 0.25) is 0 Å². The lowest BCUT2D eigenvalue weighted by molar-refractivity contribution is 0.446. The molecule has 2 aromatic heterocycles. The minimum Gasteiger partial charge on any atom is -0.508 e. The summed E-state index contributed by atoms with van der Waals surface area (Å²) >= 11 is 6.91. The lowest BCUT2D eigenvalue weighted by Gasteiger charge is -2.14. The summed E-state index contributed by atoms with van der Waals surface area (Å²) in [6, 6.07) is 20.5.